The van der Waals surface area contributed by atoms with Crippen LogP contribution in [0.2, 0.25) is 0 Å². The predicted octanol–water partition coefficient (Wildman–Crippen LogP) is 4.15. The van der Waals surface area contributed by atoms with E-state index in [1.54, 1.807) is 60.7 Å². The van der Waals surface area contributed by atoms with E-state index in [0.29, 0.717) is 46.2 Å². The Labute approximate surface area is 197 Å². The van der Waals surface area contributed by atoms with E-state index in [-0.39, 0.29) is 23.9 Å². The van der Waals surface area contributed by atoms with Gasteiger partial charge in [0.1, 0.15) is 5.75 Å². The fourth-order valence-corrected chi connectivity index (χ4v) is 3.81. The summed E-state index contributed by atoms with van der Waals surface area (Å²) in [7, 11) is 3.05. The Morgan fingerprint density at radius 3 is 2.12 bits per heavy atom. The number of hydrogen-bond donors (Lipinski definition) is 1. The lowest BCUT2D eigenvalue weighted by atomic mass is 10.1. The highest BCUT2D eigenvalue weighted by Gasteiger charge is 2.35. The minimum Gasteiger partial charge on any atom is -0.493 e. The molecule has 0 saturated heterocycles. The zero-order chi connectivity index (χ0) is 24.2. The Bertz CT molecular complexity index is 1230. The maximum Gasteiger partial charge on any atom is 0.261 e. The van der Waals surface area contributed by atoms with Crippen LogP contribution in [0.5, 0.6) is 17.2 Å². The van der Waals surface area contributed by atoms with Gasteiger partial charge >= 0.3 is 0 Å². The van der Waals surface area contributed by atoms with Crippen molar-refractivity contribution in [1.29, 1.82) is 0 Å². The number of methoxy groups -OCH3 is 2. The lowest BCUT2D eigenvalue weighted by molar-refractivity contribution is 0.0642. The summed E-state index contributed by atoms with van der Waals surface area (Å²) in [5.74, 6) is 0.297. The fraction of sp³-hybridized carbons (Fsp3) is 0.192. The summed E-state index contributed by atoms with van der Waals surface area (Å²) < 4.78 is 16.2. The first-order chi connectivity index (χ1) is 16.5. The van der Waals surface area contributed by atoms with Crippen LogP contribution in [-0.2, 0) is 6.54 Å². The van der Waals surface area contributed by atoms with Crippen LogP contribution in [0, 0.1) is 0 Å². The van der Waals surface area contributed by atoms with E-state index in [2.05, 4.69) is 5.32 Å². The van der Waals surface area contributed by atoms with E-state index in [9.17, 15) is 14.4 Å². The van der Waals surface area contributed by atoms with Crippen LogP contribution in [0.4, 0.5) is 5.69 Å². The van der Waals surface area contributed by atoms with Crippen LogP contribution >= 0.6 is 0 Å². The number of fused-ring (bicyclic) bond motifs is 1. The Balaban J connectivity index is 1.60. The Kier molecular flexibility index (Phi) is 6.49. The van der Waals surface area contributed by atoms with Gasteiger partial charge in [0.15, 0.2) is 11.5 Å². The number of amides is 3. The van der Waals surface area contributed by atoms with Gasteiger partial charge in [-0.15, -0.1) is 0 Å². The quantitative estimate of drug-likeness (QED) is 0.508. The summed E-state index contributed by atoms with van der Waals surface area (Å²) >= 11 is 0. The molecule has 0 aromatic heterocycles. The number of anilines is 1. The third-order valence-corrected chi connectivity index (χ3v) is 5.45. The van der Waals surface area contributed by atoms with Gasteiger partial charge in [-0.1, -0.05) is 18.2 Å². The highest BCUT2D eigenvalue weighted by atomic mass is 16.5. The van der Waals surface area contributed by atoms with Crippen molar-refractivity contribution >= 4 is 23.4 Å². The van der Waals surface area contributed by atoms with E-state index in [4.69, 9.17) is 14.2 Å². The molecule has 174 valence electrons. The molecule has 0 saturated carbocycles. The zero-order valence-electron chi connectivity index (χ0n) is 19.1. The van der Waals surface area contributed by atoms with Crippen molar-refractivity contribution in [2.75, 3.05) is 26.1 Å². The Morgan fingerprint density at radius 2 is 1.50 bits per heavy atom. The van der Waals surface area contributed by atoms with Crippen LogP contribution in [0.25, 0.3) is 0 Å². The van der Waals surface area contributed by atoms with Crippen LogP contribution in [0.3, 0.4) is 0 Å². The first-order valence-corrected chi connectivity index (χ1v) is 10.7. The smallest absolute Gasteiger partial charge is 0.261 e. The van der Waals surface area contributed by atoms with Gasteiger partial charge in [0.25, 0.3) is 17.7 Å². The van der Waals surface area contributed by atoms with Crippen LogP contribution in [0.15, 0.2) is 60.7 Å². The topological polar surface area (TPSA) is 94.2 Å². The average molecular weight is 460 g/mol. The standard InChI is InChI=1S/C26H24N2O6/c1-4-34-21-11-9-16(15-28-25(30)18-7-5-6-8-19(18)26(28)31)13-20(21)24(29)27-17-10-12-22(32-2)23(14-17)33-3/h5-14H,4,15H2,1-3H3,(H,27,29). The van der Waals surface area contributed by atoms with Gasteiger partial charge < -0.3 is 19.5 Å². The second-order valence-corrected chi connectivity index (χ2v) is 7.53. The third-order valence-electron chi connectivity index (χ3n) is 5.45. The summed E-state index contributed by atoms with van der Waals surface area (Å²) in [6.07, 6.45) is 0. The fourth-order valence-electron chi connectivity index (χ4n) is 3.81. The van der Waals surface area contributed by atoms with Crippen LogP contribution in [-0.4, -0.2) is 43.4 Å². The number of nitrogens with one attached hydrogen (secondary N) is 1. The van der Waals surface area contributed by atoms with Crippen LogP contribution < -0.4 is 19.5 Å². The SMILES string of the molecule is CCOc1ccc(CN2C(=O)c3ccccc3C2=O)cc1C(=O)Nc1ccc(OC)c(OC)c1. The van der Waals surface area contributed by atoms with E-state index in [1.165, 1.54) is 19.1 Å². The summed E-state index contributed by atoms with van der Waals surface area (Å²) in [5, 5.41) is 2.83. The number of carbonyl (C=O) groups is 3. The molecular formula is C26H24N2O6. The van der Waals surface area contributed by atoms with Crippen molar-refractivity contribution in [3.63, 3.8) is 0 Å². The van der Waals surface area contributed by atoms with E-state index < -0.39 is 5.91 Å². The molecule has 8 heteroatoms. The largest absolute Gasteiger partial charge is 0.493 e. The molecule has 0 aliphatic carbocycles. The second kappa shape index (κ2) is 9.66. The average Bonchev–Trinajstić information content (AvgIpc) is 3.09. The normalized spacial score (nSPS) is 12.4. The monoisotopic (exact) mass is 460 g/mol. The van der Waals surface area contributed by atoms with Gasteiger partial charge in [-0.3, -0.25) is 19.3 Å². The summed E-state index contributed by atoms with van der Waals surface area (Å²) in [5.41, 5.74) is 2.17. The number of imide groups is 1. The van der Waals surface area contributed by atoms with Gasteiger partial charge in [-0.2, -0.15) is 0 Å². The number of carbonyl (C=O) groups excluding carboxylic acids is 3. The van der Waals surface area contributed by atoms with E-state index in [0.717, 1.165) is 0 Å². The minimum absolute atomic E-state index is 0.0371. The minimum atomic E-state index is -0.403. The van der Waals surface area contributed by atoms with E-state index >= 15 is 0 Å². The molecule has 0 spiro atoms. The van der Waals surface area contributed by atoms with Crippen molar-refractivity contribution in [3.05, 3.63) is 82.9 Å². The van der Waals surface area contributed by atoms with Gasteiger partial charge in [0, 0.05) is 11.8 Å². The maximum absolute atomic E-state index is 13.1. The van der Waals surface area contributed by atoms with Crippen LogP contribution in [0.1, 0.15) is 43.6 Å². The third kappa shape index (κ3) is 4.30. The molecule has 1 N–H and O–H groups in total. The molecule has 34 heavy (non-hydrogen) atoms. The first-order valence-electron chi connectivity index (χ1n) is 10.7. The second-order valence-electron chi connectivity index (χ2n) is 7.53. The van der Waals surface area contributed by atoms with E-state index in [1.807, 2.05) is 6.92 Å². The van der Waals surface area contributed by atoms with Crippen molar-refractivity contribution in [1.82, 2.24) is 4.90 Å². The number of benzene rings is 3. The first kappa shape index (κ1) is 22.8. The number of nitrogens with zero attached hydrogens (tertiary/aromatic N) is 1. The van der Waals surface area contributed by atoms with Gasteiger partial charge in [0.05, 0.1) is 44.1 Å². The molecule has 0 radical (unpaired) electrons. The molecule has 3 aromatic rings. The number of hydrogen-bond acceptors (Lipinski definition) is 6. The lowest BCUT2D eigenvalue weighted by Gasteiger charge is -2.17. The Morgan fingerprint density at radius 1 is 0.853 bits per heavy atom. The summed E-state index contributed by atoms with van der Waals surface area (Å²) in [6.45, 7) is 2.23. The zero-order valence-corrected chi connectivity index (χ0v) is 19.1. The van der Waals surface area contributed by atoms with Crippen molar-refractivity contribution < 1.29 is 28.6 Å². The number of rotatable bonds is 8. The lowest BCUT2D eigenvalue weighted by Crippen LogP contribution is -2.29. The van der Waals surface area contributed by atoms with Crippen molar-refractivity contribution in [2.45, 2.75) is 13.5 Å². The van der Waals surface area contributed by atoms with Crippen molar-refractivity contribution in [3.8, 4) is 17.2 Å². The molecule has 1 heterocycles. The predicted molar refractivity (Wildman–Crippen MR) is 126 cm³/mol. The molecule has 0 atom stereocenters. The highest BCUT2D eigenvalue weighted by molar-refractivity contribution is 6.21. The molecule has 3 amide bonds. The summed E-state index contributed by atoms with van der Waals surface area (Å²) in [4.78, 5) is 39.8. The molecule has 3 aromatic carbocycles. The molecule has 0 fully saturated rings. The van der Waals surface area contributed by atoms with Gasteiger partial charge in [-0.05, 0) is 48.9 Å². The molecule has 8 nitrogen and oxygen atoms in total. The number of ether oxygens (including phenoxy) is 3. The molecule has 0 bridgehead atoms. The molecule has 4 rings (SSSR count). The van der Waals surface area contributed by atoms with Gasteiger partial charge in [0.2, 0.25) is 0 Å². The van der Waals surface area contributed by atoms with Gasteiger partial charge in [-0.25, -0.2) is 0 Å². The highest BCUT2D eigenvalue weighted by Crippen LogP contribution is 2.31. The summed E-state index contributed by atoms with van der Waals surface area (Å²) in [6, 6.07) is 16.8. The molecule has 1 aliphatic heterocycles. The van der Waals surface area contributed by atoms with Crippen molar-refractivity contribution in [2.24, 2.45) is 0 Å². The maximum atomic E-state index is 13.1. The molecular weight excluding hydrogens is 436 g/mol. The molecule has 1 aliphatic rings. The molecule has 0 unspecified atom stereocenters. The Hall–Kier alpha value is -4.33.